The Labute approximate surface area is 214 Å². The molecule has 0 atom stereocenters. The van der Waals surface area contributed by atoms with Crippen LogP contribution in [-0.4, -0.2) is 0 Å². The van der Waals surface area contributed by atoms with Crippen LogP contribution in [0.5, 0.6) is 0 Å². The van der Waals surface area contributed by atoms with Gasteiger partial charge < -0.3 is 4.90 Å². The van der Waals surface area contributed by atoms with Crippen LogP contribution in [0.2, 0.25) is 0 Å². The lowest BCUT2D eigenvalue weighted by Gasteiger charge is -2.25. The summed E-state index contributed by atoms with van der Waals surface area (Å²) < 4.78 is 2.67. The minimum Gasteiger partial charge on any atom is -0.310 e. The van der Waals surface area contributed by atoms with Crippen molar-refractivity contribution in [3.8, 4) is 11.1 Å². The molecule has 0 aliphatic carbocycles. The van der Waals surface area contributed by atoms with Crippen LogP contribution in [0.25, 0.3) is 42.1 Å². The molecule has 0 spiro atoms. The molecule has 0 radical (unpaired) electrons. The van der Waals surface area contributed by atoms with Crippen LogP contribution in [0.3, 0.4) is 0 Å². The van der Waals surface area contributed by atoms with Gasteiger partial charge in [0.1, 0.15) is 0 Å². The van der Waals surface area contributed by atoms with E-state index < -0.39 is 0 Å². The summed E-state index contributed by atoms with van der Waals surface area (Å²) in [5.74, 6) is 0. The average Bonchev–Trinajstić information content (AvgIpc) is 3.33. The predicted octanol–water partition coefficient (Wildman–Crippen LogP) is 10.3. The Morgan fingerprint density at radius 2 is 1.03 bits per heavy atom. The third kappa shape index (κ3) is 3.55. The van der Waals surface area contributed by atoms with Crippen molar-refractivity contribution >= 4 is 59.3 Å². The first kappa shape index (κ1) is 20.9. The minimum atomic E-state index is 1.15. The van der Waals surface area contributed by atoms with Crippen LogP contribution in [0.4, 0.5) is 17.1 Å². The van der Waals surface area contributed by atoms with E-state index in [0.29, 0.717) is 0 Å². The zero-order valence-corrected chi connectivity index (χ0v) is 20.5. The second-order valence-electron chi connectivity index (χ2n) is 9.03. The first-order valence-corrected chi connectivity index (χ1v) is 13.0. The molecule has 0 aliphatic heterocycles. The summed E-state index contributed by atoms with van der Waals surface area (Å²) in [6.45, 7) is 0. The van der Waals surface area contributed by atoms with E-state index in [1.54, 1.807) is 0 Å². The minimum absolute atomic E-state index is 1.15. The number of para-hydroxylation sites is 1. The van der Waals surface area contributed by atoms with Crippen LogP contribution in [0.1, 0.15) is 0 Å². The summed E-state index contributed by atoms with van der Waals surface area (Å²) in [4.78, 5) is 2.34. The molecule has 7 rings (SSSR count). The maximum Gasteiger partial charge on any atom is 0.0476 e. The number of thiophene rings is 1. The third-order valence-corrected chi connectivity index (χ3v) is 8.05. The lowest BCUT2D eigenvalue weighted by atomic mass is 10.0. The van der Waals surface area contributed by atoms with Gasteiger partial charge in [-0.05, 0) is 58.3 Å². The molecule has 0 fully saturated rings. The number of anilines is 3. The van der Waals surface area contributed by atoms with E-state index in [0.717, 1.165) is 17.1 Å². The zero-order chi connectivity index (χ0) is 23.9. The Bertz CT molecular complexity index is 1820. The molecular formula is C34H23NS. The fourth-order valence-electron chi connectivity index (χ4n) is 5.09. The molecule has 7 aromatic rings. The molecule has 36 heavy (non-hydrogen) atoms. The van der Waals surface area contributed by atoms with Gasteiger partial charge in [0, 0.05) is 37.2 Å². The van der Waals surface area contributed by atoms with Crippen molar-refractivity contribution in [2.24, 2.45) is 0 Å². The lowest BCUT2D eigenvalue weighted by Crippen LogP contribution is -2.09. The molecule has 0 N–H and O–H groups in total. The molecule has 0 amide bonds. The van der Waals surface area contributed by atoms with Crippen LogP contribution in [0.15, 0.2) is 140 Å². The molecule has 6 aromatic carbocycles. The van der Waals surface area contributed by atoms with Gasteiger partial charge in [0.05, 0.1) is 0 Å². The van der Waals surface area contributed by atoms with E-state index in [4.69, 9.17) is 0 Å². The number of benzene rings is 6. The third-order valence-electron chi connectivity index (χ3n) is 6.85. The van der Waals surface area contributed by atoms with E-state index in [-0.39, 0.29) is 0 Å². The van der Waals surface area contributed by atoms with E-state index in [9.17, 15) is 0 Å². The normalized spacial score (nSPS) is 11.3. The van der Waals surface area contributed by atoms with Gasteiger partial charge in [0.25, 0.3) is 0 Å². The topological polar surface area (TPSA) is 3.24 Å². The molecule has 0 saturated carbocycles. The van der Waals surface area contributed by atoms with Gasteiger partial charge in [-0.1, -0.05) is 103 Å². The lowest BCUT2D eigenvalue weighted by molar-refractivity contribution is 1.29. The summed E-state index contributed by atoms with van der Waals surface area (Å²) >= 11 is 1.89. The fraction of sp³-hybridized carbons (Fsp3) is 0. The summed E-state index contributed by atoms with van der Waals surface area (Å²) in [6, 6.07) is 50.1. The van der Waals surface area contributed by atoms with E-state index in [2.05, 4.69) is 144 Å². The molecule has 1 heterocycles. The zero-order valence-electron chi connectivity index (χ0n) is 19.6. The Kier molecular flexibility index (Phi) is 5.04. The molecule has 0 saturated heterocycles. The highest BCUT2D eigenvalue weighted by Crippen LogP contribution is 2.42. The van der Waals surface area contributed by atoms with Gasteiger partial charge in [-0.3, -0.25) is 0 Å². The molecule has 1 aromatic heterocycles. The molecule has 0 aliphatic rings. The standard InChI is InChI=1S/C34H23NS/c1-3-9-24(10-4-1)25-15-18-28(19-16-25)35(27-12-5-2-6-13-27)29-20-22-31-32-21-17-26-11-7-8-14-30(26)34(32)36-33(31)23-29/h1-23H. The molecule has 2 heteroatoms. The molecule has 170 valence electrons. The van der Waals surface area contributed by atoms with Crippen molar-refractivity contribution in [1.29, 1.82) is 0 Å². The van der Waals surface area contributed by atoms with Crippen molar-refractivity contribution in [3.05, 3.63) is 140 Å². The van der Waals surface area contributed by atoms with Crippen molar-refractivity contribution in [2.45, 2.75) is 0 Å². The smallest absolute Gasteiger partial charge is 0.0476 e. The van der Waals surface area contributed by atoms with Gasteiger partial charge in [-0.2, -0.15) is 0 Å². The summed E-state index contributed by atoms with van der Waals surface area (Å²) in [5, 5.41) is 5.27. The highest BCUT2D eigenvalue weighted by molar-refractivity contribution is 7.26. The Morgan fingerprint density at radius 3 is 1.83 bits per heavy atom. The van der Waals surface area contributed by atoms with Crippen molar-refractivity contribution < 1.29 is 0 Å². The van der Waals surface area contributed by atoms with Crippen LogP contribution in [-0.2, 0) is 0 Å². The van der Waals surface area contributed by atoms with Crippen LogP contribution < -0.4 is 4.90 Å². The average molecular weight is 478 g/mol. The number of nitrogens with zero attached hydrogens (tertiary/aromatic N) is 1. The van der Waals surface area contributed by atoms with Crippen LogP contribution in [0, 0.1) is 0 Å². The summed E-state index contributed by atoms with van der Waals surface area (Å²) in [6.07, 6.45) is 0. The Hall–Kier alpha value is -4.40. The van der Waals surface area contributed by atoms with Gasteiger partial charge in [-0.15, -0.1) is 11.3 Å². The van der Waals surface area contributed by atoms with Gasteiger partial charge in [0.2, 0.25) is 0 Å². The predicted molar refractivity (Wildman–Crippen MR) is 157 cm³/mol. The molecule has 1 nitrogen and oxygen atoms in total. The van der Waals surface area contributed by atoms with Crippen molar-refractivity contribution in [3.63, 3.8) is 0 Å². The Balaban J connectivity index is 1.38. The maximum atomic E-state index is 2.34. The summed E-state index contributed by atoms with van der Waals surface area (Å²) in [5.41, 5.74) is 5.91. The quantitative estimate of drug-likeness (QED) is 0.244. The number of fused-ring (bicyclic) bond motifs is 5. The highest BCUT2D eigenvalue weighted by atomic mass is 32.1. The maximum absolute atomic E-state index is 2.34. The number of hydrogen-bond acceptors (Lipinski definition) is 2. The second kappa shape index (κ2) is 8.67. The van der Waals surface area contributed by atoms with E-state index in [1.807, 2.05) is 11.3 Å². The monoisotopic (exact) mass is 477 g/mol. The van der Waals surface area contributed by atoms with Crippen LogP contribution >= 0.6 is 11.3 Å². The van der Waals surface area contributed by atoms with Crippen molar-refractivity contribution in [1.82, 2.24) is 0 Å². The molecular weight excluding hydrogens is 454 g/mol. The van der Waals surface area contributed by atoms with Gasteiger partial charge >= 0.3 is 0 Å². The summed E-state index contributed by atoms with van der Waals surface area (Å²) in [7, 11) is 0. The fourth-order valence-corrected chi connectivity index (χ4v) is 6.36. The number of rotatable bonds is 4. The SMILES string of the molecule is c1ccc(-c2ccc(N(c3ccccc3)c3ccc4c(c3)sc3c5ccccc5ccc43)cc2)cc1. The van der Waals surface area contributed by atoms with Gasteiger partial charge in [0.15, 0.2) is 0 Å². The number of hydrogen-bond donors (Lipinski definition) is 0. The molecule has 0 unspecified atom stereocenters. The van der Waals surface area contributed by atoms with Gasteiger partial charge in [-0.25, -0.2) is 0 Å². The van der Waals surface area contributed by atoms with Crippen molar-refractivity contribution in [2.75, 3.05) is 4.90 Å². The second-order valence-corrected chi connectivity index (χ2v) is 10.1. The Morgan fingerprint density at radius 1 is 0.417 bits per heavy atom. The largest absolute Gasteiger partial charge is 0.310 e. The molecule has 0 bridgehead atoms. The van der Waals surface area contributed by atoms with E-state index in [1.165, 1.54) is 42.1 Å². The first-order valence-electron chi connectivity index (χ1n) is 12.2. The first-order chi connectivity index (χ1) is 17.8. The highest BCUT2D eigenvalue weighted by Gasteiger charge is 2.15. The van der Waals surface area contributed by atoms with E-state index >= 15 is 0 Å².